The summed E-state index contributed by atoms with van der Waals surface area (Å²) in [6.07, 6.45) is -3.36. The monoisotopic (exact) mass is 490 g/mol. The first kappa shape index (κ1) is 25.5. The maximum atomic E-state index is 10.5. The third-order valence-corrected chi connectivity index (χ3v) is 7.05. The number of aliphatic hydroxyl groups excluding tert-OH is 5. The zero-order chi connectivity index (χ0) is 25.3. The highest BCUT2D eigenvalue weighted by atomic mass is 16.5. The number of aromatic hydroxyl groups is 1. The number of phenols is 1. The average Bonchev–Trinajstić information content (AvgIpc) is 3.24. The number of ether oxygens (including phenoxy) is 3. The molecule has 2 aliphatic rings. The van der Waals surface area contributed by atoms with Crippen LogP contribution >= 0.6 is 0 Å². The Morgan fingerprint density at radius 2 is 1.77 bits per heavy atom. The lowest BCUT2D eigenvalue weighted by Gasteiger charge is -2.39. The van der Waals surface area contributed by atoms with Gasteiger partial charge in [0, 0.05) is 12.2 Å². The maximum absolute atomic E-state index is 10.5. The van der Waals surface area contributed by atoms with Gasteiger partial charge in [-0.15, -0.1) is 0 Å². The van der Waals surface area contributed by atoms with Crippen molar-refractivity contribution < 1.29 is 44.8 Å². The van der Waals surface area contributed by atoms with Crippen LogP contribution in [0.15, 0.2) is 30.3 Å². The van der Waals surface area contributed by atoms with E-state index in [0.717, 1.165) is 5.56 Å². The molecule has 0 aromatic heterocycles. The van der Waals surface area contributed by atoms with Crippen LogP contribution in [0.1, 0.15) is 48.5 Å². The second-order valence-electron chi connectivity index (χ2n) is 9.44. The molecule has 0 saturated heterocycles. The number of aliphatic hydroxyl groups is 5. The van der Waals surface area contributed by atoms with Crippen molar-refractivity contribution in [1.82, 2.24) is 0 Å². The molecule has 1 aliphatic carbocycles. The predicted molar refractivity (Wildman–Crippen MR) is 126 cm³/mol. The van der Waals surface area contributed by atoms with Gasteiger partial charge in [0.05, 0.1) is 25.7 Å². The summed E-state index contributed by atoms with van der Waals surface area (Å²) in [4.78, 5) is 0. The van der Waals surface area contributed by atoms with Gasteiger partial charge < -0.3 is 44.8 Å². The minimum absolute atomic E-state index is 0.00976. The molecule has 0 unspecified atom stereocenters. The minimum atomic E-state index is -1.31. The number of phenolic OH excluding ortho intramolecular Hbond substituents is 1. The second kappa shape index (κ2) is 10.6. The largest absolute Gasteiger partial charge is 0.504 e. The molecule has 1 aliphatic heterocycles. The van der Waals surface area contributed by atoms with Crippen LogP contribution in [-0.4, -0.2) is 75.4 Å². The van der Waals surface area contributed by atoms with Crippen LogP contribution < -0.4 is 14.2 Å². The number of hydrogen-bond acceptors (Lipinski definition) is 9. The van der Waals surface area contributed by atoms with Gasteiger partial charge in [-0.1, -0.05) is 19.1 Å². The summed E-state index contributed by atoms with van der Waals surface area (Å²) in [5, 5.41) is 60.3. The number of benzene rings is 2. The highest BCUT2D eigenvalue weighted by Gasteiger charge is 2.42. The minimum Gasteiger partial charge on any atom is -0.504 e. The Kier molecular flexibility index (Phi) is 7.73. The molecule has 0 amide bonds. The van der Waals surface area contributed by atoms with E-state index in [1.807, 2.05) is 6.07 Å². The Morgan fingerprint density at radius 3 is 2.46 bits per heavy atom. The van der Waals surface area contributed by atoms with E-state index in [1.54, 1.807) is 31.2 Å². The molecule has 0 radical (unpaired) electrons. The van der Waals surface area contributed by atoms with Crippen molar-refractivity contribution in [3.63, 3.8) is 0 Å². The quantitative estimate of drug-likeness (QED) is 0.323. The maximum Gasteiger partial charge on any atom is 0.165 e. The van der Waals surface area contributed by atoms with Crippen molar-refractivity contribution in [3.8, 4) is 23.0 Å². The Labute approximate surface area is 204 Å². The standard InChI is InChI=1S/C26H34O9/c1-13-8-21(23(31)24(32)22(13)30)34-19-6-5-15(11-20(19)33-2)25-17(12-28)16-9-14(4-3-7-27)10-18(29)26(16)35-25/h5-6,9-11,13,17,21-25,27-32H,3-4,7-8,12H2,1-2H3/t13-,17+,21-,22+,23+,24-,25-/m1/s1. The van der Waals surface area contributed by atoms with E-state index in [4.69, 9.17) is 19.3 Å². The van der Waals surface area contributed by atoms with Gasteiger partial charge in [0.1, 0.15) is 24.4 Å². The summed E-state index contributed by atoms with van der Waals surface area (Å²) in [6.45, 7) is 1.63. The fourth-order valence-corrected chi connectivity index (χ4v) is 5.04. The van der Waals surface area contributed by atoms with Crippen LogP contribution in [0, 0.1) is 5.92 Å². The number of aryl methyl sites for hydroxylation is 1. The van der Waals surface area contributed by atoms with Gasteiger partial charge in [0.15, 0.2) is 23.0 Å². The smallest absolute Gasteiger partial charge is 0.165 e. The molecule has 4 rings (SSSR count). The van der Waals surface area contributed by atoms with E-state index in [-0.39, 0.29) is 24.9 Å². The Hall–Kier alpha value is -2.56. The van der Waals surface area contributed by atoms with Gasteiger partial charge in [-0.25, -0.2) is 0 Å². The van der Waals surface area contributed by atoms with Crippen molar-refractivity contribution in [1.29, 1.82) is 0 Å². The van der Waals surface area contributed by atoms with E-state index in [0.29, 0.717) is 47.6 Å². The molecule has 9 nitrogen and oxygen atoms in total. The molecular formula is C26H34O9. The van der Waals surface area contributed by atoms with E-state index in [1.165, 1.54) is 7.11 Å². The third kappa shape index (κ3) is 4.92. The number of fused-ring (bicyclic) bond motifs is 1. The molecule has 7 atom stereocenters. The summed E-state index contributed by atoms with van der Waals surface area (Å²) in [5.41, 5.74) is 2.26. The first-order valence-corrected chi connectivity index (χ1v) is 11.9. The molecule has 0 spiro atoms. The van der Waals surface area contributed by atoms with Crippen LogP contribution in [0.4, 0.5) is 0 Å². The van der Waals surface area contributed by atoms with Crippen LogP contribution in [0.25, 0.3) is 0 Å². The molecule has 192 valence electrons. The van der Waals surface area contributed by atoms with Crippen LogP contribution in [0.5, 0.6) is 23.0 Å². The summed E-state index contributed by atoms with van der Waals surface area (Å²) in [5.74, 6) is 0.388. The van der Waals surface area contributed by atoms with Crippen molar-refractivity contribution in [3.05, 3.63) is 47.0 Å². The van der Waals surface area contributed by atoms with Crippen LogP contribution in [-0.2, 0) is 6.42 Å². The first-order valence-electron chi connectivity index (χ1n) is 11.9. The van der Waals surface area contributed by atoms with Gasteiger partial charge in [0.2, 0.25) is 0 Å². The van der Waals surface area contributed by atoms with Crippen LogP contribution in [0.2, 0.25) is 0 Å². The molecule has 35 heavy (non-hydrogen) atoms. The third-order valence-electron chi connectivity index (χ3n) is 7.05. The highest BCUT2D eigenvalue weighted by molar-refractivity contribution is 5.55. The van der Waals surface area contributed by atoms with Gasteiger partial charge in [0.25, 0.3) is 0 Å². The average molecular weight is 491 g/mol. The van der Waals surface area contributed by atoms with E-state index in [9.17, 15) is 25.5 Å². The lowest BCUT2D eigenvalue weighted by Crippen LogP contribution is -2.54. The SMILES string of the molecule is COc1cc([C@H]2Oc3c(O)cc(CCCO)cc3[C@@H]2CO)ccc1O[C@@H]1C[C@@H](C)[C@H](O)[C@@H](O)[C@H]1O. The van der Waals surface area contributed by atoms with Crippen molar-refractivity contribution in [2.45, 2.75) is 62.6 Å². The lowest BCUT2D eigenvalue weighted by molar-refractivity contribution is -0.147. The number of hydrogen-bond donors (Lipinski definition) is 6. The fourth-order valence-electron chi connectivity index (χ4n) is 5.04. The Balaban J connectivity index is 1.58. The van der Waals surface area contributed by atoms with E-state index < -0.39 is 36.4 Å². The number of methoxy groups -OCH3 is 1. The molecule has 2 aromatic rings. The normalized spacial score (nSPS) is 30.0. The van der Waals surface area contributed by atoms with Gasteiger partial charge in [-0.3, -0.25) is 0 Å². The zero-order valence-electron chi connectivity index (χ0n) is 19.9. The topological polar surface area (TPSA) is 149 Å². The second-order valence-corrected chi connectivity index (χ2v) is 9.44. The van der Waals surface area contributed by atoms with E-state index in [2.05, 4.69) is 0 Å². The molecule has 9 heteroatoms. The van der Waals surface area contributed by atoms with Gasteiger partial charge in [-0.05, 0) is 54.5 Å². The Bertz CT molecular complexity index is 1030. The van der Waals surface area contributed by atoms with E-state index >= 15 is 0 Å². The van der Waals surface area contributed by atoms with Gasteiger partial charge in [-0.2, -0.15) is 0 Å². The summed E-state index contributed by atoms with van der Waals surface area (Å²) < 4.78 is 17.6. The molecule has 0 bridgehead atoms. The van der Waals surface area contributed by atoms with Crippen molar-refractivity contribution in [2.75, 3.05) is 20.3 Å². The first-order chi connectivity index (χ1) is 16.8. The predicted octanol–water partition coefficient (Wildman–Crippen LogP) is 1.41. The molecule has 2 aromatic carbocycles. The van der Waals surface area contributed by atoms with Gasteiger partial charge >= 0.3 is 0 Å². The Morgan fingerprint density at radius 1 is 1.00 bits per heavy atom. The molecule has 6 N–H and O–H groups in total. The molecule has 1 heterocycles. The zero-order valence-corrected chi connectivity index (χ0v) is 19.9. The number of rotatable bonds is 8. The van der Waals surface area contributed by atoms with Crippen molar-refractivity contribution >= 4 is 0 Å². The molecular weight excluding hydrogens is 456 g/mol. The summed E-state index contributed by atoms with van der Waals surface area (Å²) in [7, 11) is 1.48. The van der Waals surface area contributed by atoms with Crippen molar-refractivity contribution in [2.24, 2.45) is 5.92 Å². The highest BCUT2D eigenvalue weighted by Crippen LogP contribution is 2.51. The lowest BCUT2D eigenvalue weighted by atomic mass is 9.82. The fraction of sp³-hybridized carbons (Fsp3) is 0.538. The summed E-state index contributed by atoms with van der Waals surface area (Å²) >= 11 is 0. The van der Waals surface area contributed by atoms with Crippen LogP contribution in [0.3, 0.4) is 0 Å². The molecule has 1 saturated carbocycles. The molecule has 1 fully saturated rings. The summed E-state index contributed by atoms with van der Waals surface area (Å²) in [6, 6.07) is 8.68.